The van der Waals surface area contributed by atoms with E-state index in [9.17, 15) is 4.79 Å². The lowest BCUT2D eigenvalue weighted by molar-refractivity contribution is 0.0597. The van der Waals surface area contributed by atoms with Crippen LogP contribution in [0, 0.1) is 0 Å². The third-order valence-electron chi connectivity index (χ3n) is 8.11. The summed E-state index contributed by atoms with van der Waals surface area (Å²) in [7, 11) is 1.33. The van der Waals surface area contributed by atoms with Crippen molar-refractivity contribution in [3.63, 3.8) is 0 Å². The van der Waals surface area contributed by atoms with Crippen LogP contribution in [0.5, 0.6) is 23.0 Å². The second-order valence-corrected chi connectivity index (χ2v) is 11.5. The van der Waals surface area contributed by atoms with Crippen molar-refractivity contribution in [2.45, 2.75) is 0 Å². The van der Waals surface area contributed by atoms with Gasteiger partial charge in [-0.05, 0) is 72.8 Å². The Morgan fingerprint density at radius 1 is 0.500 bits per heavy atom. The molecule has 0 atom stereocenters. The van der Waals surface area contributed by atoms with Gasteiger partial charge in [-0.2, -0.15) is 0 Å². The van der Waals surface area contributed by atoms with E-state index < -0.39 is 5.97 Å². The Balaban J connectivity index is 1.10. The molecule has 0 aliphatic carbocycles. The molecule has 0 N–H and O–H groups in total. The second-order valence-electron chi connectivity index (χ2n) is 11.5. The fourth-order valence-corrected chi connectivity index (χ4v) is 5.59. The van der Waals surface area contributed by atoms with Crippen LogP contribution < -0.4 is 18.9 Å². The van der Waals surface area contributed by atoms with Gasteiger partial charge in [0.15, 0.2) is 0 Å². The number of esters is 1. The number of hydrogen-bond acceptors (Lipinski definition) is 10. The SMILES string of the molecule is COC(=O)c1cc2cc(c1)OCCOCCOc1ccc(cc1)-c1ccc3ccc4ccc(nc4c3n1)-c1ccc(cc1)OCCOCCO2. The number of rotatable bonds is 1. The smallest absolute Gasteiger partial charge is 0.338 e. The lowest BCUT2D eigenvalue weighted by atomic mass is 10.1. The average Bonchev–Trinajstić information content (AvgIpc) is 3.16. The summed E-state index contributed by atoms with van der Waals surface area (Å²) in [5, 5.41) is 2.05. The number of benzene rings is 4. The summed E-state index contributed by atoms with van der Waals surface area (Å²) in [4.78, 5) is 22.4. The number of fused-ring (bicyclic) bond motifs is 2. The van der Waals surface area contributed by atoms with Gasteiger partial charge in [0, 0.05) is 28.0 Å². The van der Waals surface area contributed by atoms with E-state index in [0.29, 0.717) is 56.7 Å². The van der Waals surface area contributed by atoms with Crippen LogP contribution in [0.4, 0.5) is 0 Å². The van der Waals surface area contributed by atoms with Gasteiger partial charge in [-0.3, -0.25) is 0 Å². The van der Waals surface area contributed by atoms with Crippen molar-refractivity contribution in [1.82, 2.24) is 9.97 Å². The van der Waals surface area contributed by atoms with Gasteiger partial charge in [-0.15, -0.1) is 0 Å². The molecule has 50 heavy (non-hydrogen) atoms. The quantitative estimate of drug-likeness (QED) is 0.132. The van der Waals surface area contributed by atoms with Crippen molar-refractivity contribution in [3.05, 3.63) is 109 Å². The molecule has 3 aliphatic rings. The second kappa shape index (κ2) is 15.7. The van der Waals surface area contributed by atoms with Gasteiger partial charge >= 0.3 is 5.97 Å². The van der Waals surface area contributed by atoms with Crippen LogP contribution in [0.3, 0.4) is 0 Å². The van der Waals surface area contributed by atoms with Gasteiger partial charge in [-0.25, -0.2) is 14.8 Å². The molecule has 0 saturated carbocycles. The first kappa shape index (κ1) is 32.8. The van der Waals surface area contributed by atoms with Crippen molar-refractivity contribution in [2.24, 2.45) is 0 Å². The van der Waals surface area contributed by atoms with Crippen LogP contribution in [0.1, 0.15) is 10.4 Å². The summed E-state index contributed by atoms with van der Waals surface area (Å²) in [5.41, 5.74) is 5.66. The topological polar surface area (TPSA) is 107 Å². The van der Waals surface area contributed by atoms with Gasteiger partial charge < -0.3 is 33.2 Å². The number of ether oxygens (including phenoxy) is 7. The first-order valence-corrected chi connectivity index (χ1v) is 16.4. The molecule has 10 nitrogen and oxygen atoms in total. The maximum Gasteiger partial charge on any atom is 0.338 e. The zero-order valence-corrected chi connectivity index (χ0v) is 27.6. The number of nitrogens with zero attached hydrogens (tertiary/aromatic N) is 2. The van der Waals surface area contributed by atoms with Crippen molar-refractivity contribution in [3.8, 4) is 45.5 Å². The van der Waals surface area contributed by atoms with E-state index in [0.717, 1.165) is 55.8 Å². The minimum absolute atomic E-state index is 0.273. The molecule has 254 valence electrons. The molecule has 0 radical (unpaired) electrons. The standard InChI is InChI=1S/C40H36N2O8/c1-44-40(43)31-24-34-26-35(25-31)50-23-19-46-17-21-48-33-12-6-28(7-13-33)37-15-9-30-3-2-29-8-14-36(41-38(29)39(30)42-37)27-4-10-32(11-5-27)47-20-16-45-18-22-49-34/h2-15,24-26H,16-23H2,1H3. The van der Waals surface area contributed by atoms with E-state index >= 15 is 0 Å². The third kappa shape index (κ3) is 7.94. The van der Waals surface area contributed by atoms with Crippen molar-refractivity contribution >= 4 is 27.8 Å². The van der Waals surface area contributed by atoms with Crippen LogP contribution in [0.25, 0.3) is 44.3 Å². The molecule has 3 aliphatic heterocycles. The Labute approximate surface area is 289 Å². The molecule has 9 rings (SSSR count). The van der Waals surface area contributed by atoms with Crippen molar-refractivity contribution in [2.75, 3.05) is 60.0 Å². The van der Waals surface area contributed by atoms with E-state index in [2.05, 4.69) is 24.3 Å². The lowest BCUT2D eigenvalue weighted by Gasteiger charge is -2.13. The van der Waals surface area contributed by atoms with Gasteiger partial charge in [0.1, 0.15) is 49.4 Å². The molecule has 0 saturated heterocycles. The molecule has 10 heteroatoms. The summed E-state index contributed by atoms with van der Waals surface area (Å²) in [6.45, 7) is 2.72. The van der Waals surface area contributed by atoms with E-state index in [1.807, 2.05) is 60.7 Å². The normalized spacial score (nSPS) is 14.4. The lowest BCUT2D eigenvalue weighted by Crippen LogP contribution is -2.13. The summed E-state index contributed by atoms with van der Waals surface area (Å²) in [5.74, 6) is 1.90. The van der Waals surface area contributed by atoms with E-state index in [1.54, 1.807) is 18.2 Å². The monoisotopic (exact) mass is 672 g/mol. The Kier molecular flexibility index (Phi) is 10.3. The summed E-state index contributed by atoms with van der Waals surface area (Å²) < 4.78 is 39.8. The minimum Gasteiger partial charge on any atom is -0.491 e. The fourth-order valence-electron chi connectivity index (χ4n) is 5.59. The van der Waals surface area contributed by atoms with Crippen LogP contribution >= 0.6 is 0 Å². The molecule has 4 aromatic carbocycles. The highest BCUT2D eigenvalue weighted by atomic mass is 16.6. The zero-order valence-electron chi connectivity index (χ0n) is 27.6. The largest absolute Gasteiger partial charge is 0.491 e. The van der Waals surface area contributed by atoms with Crippen LogP contribution in [0.2, 0.25) is 0 Å². The molecule has 2 aromatic heterocycles. The van der Waals surface area contributed by atoms with E-state index in [4.69, 9.17) is 43.1 Å². The predicted octanol–water partition coefficient (Wildman–Crippen LogP) is 7.17. The molecule has 0 fully saturated rings. The minimum atomic E-state index is -0.490. The van der Waals surface area contributed by atoms with Crippen molar-refractivity contribution in [1.29, 1.82) is 0 Å². The van der Waals surface area contributed by atoms with Crippen LogP contribution in [-0.2, 0) is 14.2 Å². The number of carbonyl (C=O) groups is 1. The van der Waals surface area contributed by atoms with Gasteiger partial charge in [0.25, 0.3) is 0 Å². The molecule has 6 aromatic rings. The summed E-state index contributed by atoms with van der Waals surface area (Å²) in [6.07, 6.45) is 0. The number of carbonyl (C=O) groups excluding carboxylic acids is 1. The molecule has 10 bridgehead atoms. The molecular weight excluding hydrogens is 636 g/mol. The maximum atomic E-state index is 12.2. The summed E-state index contributed by atoms with van der Waals surface area (Å²) in [6, 6.07) is 33.0. The third-order valence-corrected chi connectivity index (χ3v) is 8.11. The van der Waals surface area contributed by atoms with Gasteiger partial charge in [0.05, 0.1) is 61.5 Å². The zero-order chi connectivity index (χ0) is 34.1. The average molecular weight is 673 g/mol. The van der Waals surface area contributed by atoms with Gasteiger partial charge in [-0.1, -0.05) is 24.3 Å². The first-order valence-electron chi connectivity index (χ1n) is 16.4. The first-order chi connectivity index (χ1) is 24.6. The molecule has 5 heterocycles. The molecule has 0 unspecified atom stereocenters. The van der Waals surface area contributed by atoms with E-state index in [-0.39, 0.29) is 13.2 Å². The Bertz CT molecular complexity index is 1940. The molecule has 0 spiro atoms. The number of hydrogen-bond donors (Lipinski definition) is 0. The number of aromatic nitrogens is 2. The van der Waals surface area contributed by atoms with Gasteiger partial charge in [0.2, 0.25) is 0 Å². The maximum absolute atomic E-state index is 12.2. The van der Waals surface area contributed by atoms with Crippen LogP contribution in [-0.4, -0.2) is 75.9 Å². The van der Waals surface area contributed by atoms with Crippen molar-refractivity contribution < 1.29 is 38.0 Å². The summed E-state index contributed by atoms with van der Waals surface area (Å²) >= 11 is 0. The number of methoxy groups -OCH3 is 1. The Morgan fingerprint density at radius 3 is 1.32 bits per heavy atom. The Morgan fingerprint density at radius 2 is 0.900 bits per heavy atom. The predicted molar refractivity (Wildman–Crippen MR) is 189 cm³/mol. The number of pyridine rings is 2. The fraction of sp³-hybridized carbons (Fsp3) is 0.225. The Hall–Kier alpha value is -5.71. The van der Waals surface area contributed by atoms with E-state index in [1.165, 1.54) is 7.11 Å². The highest BCUT2D eigenvalue weighted by molar-refractivity contribution is 6.04. The van der Waals surface area contributed by atoms with Crippen LogP contribution in [0.15, 0.2) is 103 Å². The highest BCUT2D eigenvalue weighted by Gasteiger charge is 2.12. The molecule has 0 amide bonds. The highest BCUT2D eigenvalue weighted by Crippen LogP contribution is 2.30. The molecular formula is C40H36N2O8.